The van der Waals surface area contributed by atoms with Crippen LogP contribution >= 0.6 is 0 Å². The Morgan fingerprint density at radius 2 is 1.07 bits per heavy atom. The standard InChI is InChI=1S/C22H24N2O6/c1-21(2,23-11-13-7-5-9-15(17(13)25)19(27)28)22(3,4)24-12-14-8-6-10-16(18(14)26)20(29)30/h5-12,25-26H,1-4H3,(H,27,28)(H,29,30). The molecule has 2 aromatic rings. The van der Waals surface area contributed by atoms with Gasteiger partial charge in [0.2, 0.25) is 0 Å². The Bertz CT molecular complexity index is 954. The van der Waals surface area contributed by atoms with Crippen molar-refractivity contribution in [1.82, 2.24) is 0 Å². The van der Waals surface area contributed by atoms with Crippen LogP contribution in [0, 0.1) is 0 Å². The SMILES string of the molecule is CC(C)(N=Cc1cccc(C(=O)O)c1O)C(C)(C)N=Cc1cccc(C(=O)O)c1O. The first-order chi connectivity index (χ1) is 13.9. The summed E-state index contributed by atoms with van der Waals surface area (Å²) in [5, 5.41) is 38.5. The van der Waals surface area contributed by atoms with Gasteiger partial charge in [-0.3, -0.25) is 9.98 Å². The number of rotatable bonds is 7. The van der Waals surface area contributed by atoms with Crippen molar-refractivity contribution in [2.45, 2.75) is 38.8 Å². The fourth-order valence-corrected chi connectivity index (χ4v) is 2.45. The maximum atomic E-state index is 11.2. The van der Waals surface area contributed by atoms with Crippen LogP contribution in [0.25, 0.3) is 0 Å². The van der Waals surface area contributed by atoms with Crippen LogP contribution in [-0.2, 0) is 0 Å². The van der Waals surface area contributed by atoms with Gasteiger partial charge >= 0.3 is 11.9 Å². The molecule has 0 atom stereocenters. The van der Waals surface area contributed by atoms with Crippen molar-refractivity contribution >= 4 is 24.4 Å². The van der Waals surface area contributed by atoms with Gasteiger partial charge in [-0.05, 0) is 52.0 Å². The lowest BCUT2D eigenvalue weighted by molar-refractivity contribution is 0.0682. The predicted octanol–water partition coefficient (Wildman–Crippen LogP) is 3.59. The van der Waals surface area contributed by atoms with Crippen LogP contribution in [0.1, 0.15) is 59.5 Å². The number of carbonyl (C=O) groups is 2. The Balaban J connectivity index is 2.33. The van der Waals surface area contributed by atoms with E-state index in [1.165, 1.54) is 36.7 Å². The predicted molar refractivity (Wildman–Crippen MR) is 113 cm³/mol. The molecule has 2 aromatic carbocycles. The summed E-state index contributed by atoms with van der Waals surface area (Å²) in [5.74, 6) is -3.23. The second-order valence-electron chi connectivity index (χ2n) is 7.73. The molecule has 30 heavy (non-hydrogen) atoms. The van der Waals surface area contributed by atoms with Gasteiger partial charge in [0.05, 0.1) is 11.1 Å². The first-order valence-electron chi connectivity index (χ1n) is 9.08. The molecule has 0 aliphatic heterocycles. The molecule has 0 aliphatic rings. The molecule has 0 aromatic heterocycles. The molecule has 0 unspecified atom stereocenters. The van der Waals surface area contributed by atoms with Crippen molar-refractivity contribution in [1.29, 1.82) is 0 Å². The first-order valence-corrected chi connectivity index (χ1v) is 9.08. The van der Waals surface area contributed by atoms with Gasteiger partial charge in [0.1, 0.15) is 22.6 Å². The van der Waals surface area contributed by atoms with E-state index in [-0.39, 0.29) is 33.8 Å². The van der Waals surface area contributed by atoms with E-state index in [4.69, 9.17) is 10.2 Å². The zero-order valence-corrected chi connectivity index (χ0v) is 17.1. The molecule has 0 spiro atoms. The fourth-order valence-electron chi connectivity index (χ4n) is 2.45. The number of phenols is 2. The van der Waals surface area contributed by atoms with E-state index >= 15 is 0 Å². The molecule has 0 saturated heterocycles. The lowest BCUT2D eigenvalue weighted by atomic mass is 9.83. The molecular weight excluding hydrogens is 388 g/mol. The number of hydrogen-bond acceptors (Lipinski definition) is 6. The second-order valence-corrected chi connectivity index (χ2v) is 7.73. The third kappa shape index (κ3) is 4.65. The van der Waals surface area contributed by atoms with Crippen molar-refractivity contribution in [3.8, 4) is 11.5 Å². The van der Waals surface area contributed by atoms with Crippen LogP contribution in [0.3, 0.4) is 0 Å². The number of aromatic carboxylic acids is 2. The van der Waals surface area contributed by atoms with Crippen LogP contribution in [0.5, 0.6) is 11.5 Å². The van der Waals surface area contributed by atoms with E-state index in [2.05, 4.69) is 9.98 Å². The molecule has 0 radical (unpaired) electrons. The topological polar surface area (TPSA) is 140 Å². The number of benzene rings is 2. The number of carboxylic acid groups (broad SMARTS) is 2. The largest absolute Gasteiger partial charge is 0.506 e. The molecule has 0 fully saturated rings. The zero-order valence-electron chi connectivity index (χ0n) is 17.1. The summed E-state index contributed by atoms with van der Waals surface area (Å²) in [5.41, 5.74) is -1.51. The third-order valence-electron chi connectivity index (χ3n) is 5.15. The normalized spacial score (nSPS) is 12.5. The minimum absolute atomic E-state index is 0.220. The van der Waals surface area contributed by atoms with Crippen LogP contribution in [0.4, 0.5) is 0 Å². The van der Waals surface area contributed by atoms with E-state index < -0.39 is 23.0 Å². The van der Waals surface area contributed by atoms with E-state index in [0.29, 0.717) is 0 Å². The first kappa shape index (κ1) is 22.6. The maximum absolute atomic E-state index is 11.2. The molecular formula is C22H24N2O6. The Labute approximate surface area is 173 Å². The molecule has 0 heterocycles. The number of nitrogens with zero attached hydrogens (tertiary/aromatic N) is 2. The van der Waals surface area contributed by atoms with Gasteiger partial charge in [0.15, 0.2) is 0 Å². The van der Waals surface area contributed by atoms with E-state index in [9.17, 15) is 19.8 Å². The van der Waals surface area contributed by atoms with Crippen LogP contribution in [0.15, 0.2) is 46.4 Å². The highest BCUT2D eigenvalue weighted by atomic mass is 16.4. The molecule has 0 amide bonds. The van der Waals surface area contributed by atoms with Gasteiger partial charge in [-0.2, -0.15) is 0 Å². The monoisotopic (exact) mass is 412 g/mol. The zero-order chi connectivity index (χ0) is 22.7. The molecule has 0 saturated carbocycles. The minimum atomic E-state index is -1.24. The number of para-hydroxylation sites is 2. The van der Waals surface area contributed by atoms with Crippen LogP contribution in [0.2, 0.25) is 0 Å². The molecule has 8 heteroatoms. The average molecular weight is 412 g/mol. The molecule has 2 rings (SSSR count). The van der Waals surface area contributed by atoms with E-state index in [0.717, 1.165) is 0 Å². The summed E-state index contributed by atoms with van der Waals surface area (Å²) in [6.07, 6.45) is 2.78. The van der Waals surface area contributed by atoms with E-state index in [1.807, 2.05) is 27.7 Å². The van der Waals surface area contributed by atoms with Crippen molar-refractivity contribution in [2.24, 2.45) is 9.98 Å². The number of hydrogen-bond donors (Lipinski definition) is 4. The Hall–Kier alpha value is -3.68. The summed E-state index contributed by atoms with van der Waals surface area (Å²) in [7, 11) is 0. The summed E-state index contributed by atoms with van der Waals surface area (Å²) >= 11 is 0. The van der Waals surface area contributed by atoms with Gasteiger partial charge in [0, 0.05) is 23.6 Å². The minimum Gasteiger partial charge on any atom is -0.506 e. The Morgan fingerprint density at radius 3 is 1.37 bits per heavy atom. The lowest BCUT2D eigenvalue weighted by Gasteiger charge is -2.35. The highest BCUT2D eigenvalue weighted by Crippen LogP contribution is 2.31. The summed E-state index contributed by atoms with van der Waals surface area (Å²) in [4.78, 5) is 31.3. The van der Waals surface area contributed by atoms with Crippen LogP contribution < -0.4 is 0 Å². The molecule has 8 nitrogen and oxygen atoms in total. The summed E-state index contributed by atoms with van der Waals surface area (Å²) in [6.45, 7) is 7.25. The Kier molecular flexibility index (Phi) is 6.30. The average Bonchev–Trinajstić information content (AvgIpc) is 2.65. The van der Waals surface area contributed by atoms with Crippen LogP contribution in [-0.4, -0.2) is 55.9 Å². The van der Waals surface area contributed by atoms with Crippen molar-refractivity contribution in [3.63, 3.8) is 0 Å². The van der Waals surface area contributed by atoms with Gasteiger partial charge in [-0.1, -0.05) is 12.1 Å². The number of aliphatic imine (C=N–C) groups is 2. The number of aromatic hydroxyl groups is 2. The second kappa shape index (κ2) is 8.36. The summed E-state index contributed by atoms with van der Waals surface area (Å²) < 4.78 is 0. The quantitative estimate of drug-likeness (QED) is 0.512. The van der Waals surface area contributed by atoms with E-state index in [1.54, 1.807) is 12.1 Å². The van der Waals surface area contributed by atoms with Crippen molar-refractivity contribution in [2.75, 3.05) is 0 Å². The highest BCUT2D eigenvalue weighted by Gasteiger charge is 2.36. The fraction of sp³-hybridized carbons (Fsp3) is 0.273. The van der Waals surface area contributed by atoms with Crippen molar-refractivity contribution < 1.29 is 30.0 Å². The molecule has 158 valence electrons. The number of carboxylic acids is 2. The van der Waals surface area contributed by atoms with Crippen molar-refractivity contribution in [3.05, 3.63) is 58.7 Å². The van der Waals surface area contributed by atoms with Gasteiger partial charge in [-0.25, -0.2) is 9.59 Å². The summed E-state index contributed by atoms with van der Waals surface area (Å²) in [6, 6.07) is 8.72. The Morgan fingerprint density at radius 1 is 0.733 bits per heavy atom. The van der Waals surface area contributed by atoms with Gasteiger partial charge in [0.25, 0.3) is 0 Å². The molecule has 0 aliphatic carbocycles. The third-order valence-corrected chi connectivity index (χ3v) is 5.15. The molecule has 0 bridgehead atoms. The highest BCUT2D eigenvalue weighted by molar-refractivity contribution is 5.96. The lowest BCUT2D eigenvalue weighted by Crippen LogP contribution is -2.42. The van der Waals surface area contributed by atoms with Gasteiger partial charge < -0.3 is 20.4 Å². The molecule has 4 N–H and O–H groups in total. The maximum Gasteiger partial charge on any atom is 0.339 e. The van der Waals surface area contributed by atoms with Gasteiger partial charge in [-0.15, -0.1) is 0 Å². The smallest absolute Gasteiger partial charge is 0.339 e.